The molecule has 8 heteroatoms. The lowest BCUT2D eigenvalue weighted by molar-refractivity contribution is 0.509. The third-order valence-corrected chi connectivity index (χ3v) is 8.75. The summed E-state index contributed by atoms with van der Waals surface area (Å²) >= 11 is 5.01. The van der Waals surface area contributed by atoms with Gasteiger partial charge in [0.15, 0.2) is 0 Å². The highest BCUT2D eigenvalue weighted by atomic mass is 32.2. The molecule has 0 bridgehead atoms. The number of hydrogen-bond acceptors (Lipinski definition) is 7. The SMILES string of the molecule is Cc1sc2ncnc(SCc3nc4sc5c(c4c(=O)[nH]3)CCC(C)C5)c2c1C. The van der Waals surface area contributed by atoms with E-state index in [1.54, 1.807) is 40.8 Å². The number of rotatable bonds is 3. The minimum Gasteiger partial charge on any atom is -0.309 e. The molecule has 0 saturated carbocycles. The highest BCUT2D eigenvalue weighted by Gasteiger charge is 2.23. The van der Waals surface area contributed by atoms with E-state index in [4.69, 9.17) is 4.98 Å². The van der Waals surface area contributed by atoms with Gasteiger partial charge in [-0.05, 0) is 50.2 Å². The van der Waals surface area contributed by atoms with Crippen molar-refractivity contribution in [3.8, 4) is 0 Å². The van der Waals surface area contributed by atoms with E-state index in [9.17, 15) is 4.79 Å². The van der Waals surface area contributed by atoms with Crippen LogP contribution in [0.25, 0.3) is 20.4 Å². The molecule has 4 aromatic rings. The number of nitrogens with one attached hydrogen (secondary N) is 1. The summed E-state index contributed by atoms with van der Waals surface area (Å²) < 4.78 is 0. The van der Waals surface area contributed by atoms with Crippen LogP contribution >= 0.6 is 34.4 Å². The summed E-state index contributed by atoms with van der Waals surface area (Å²) in [6.07, 6.45) is 4.83. The molecular formula is C20H20N4OS3. The molecule has 1 unspecified atom stereocenters. The zero-order valence-electron chi connectivity index (χ0n) is 16.0. The first-order chi connectivity index (χ1) is 13.5. The molecule has 1 atom stereocenters. The Morgan fingerprint density at radius 3 is 2.93 bits per heavy atom. The molecule has 0 aromatic carbocycles. The molecule has 0 saturated heterocycles. The smallest absolute Gasteiger partial charge is 0.259 e. The van der Waals surface area contributed by atoms with Crippen molar-refractivity contribution in [2.24, 2.45) is 5.92 Å². The Morgan fingerprint density at radius 2 is 2.07 bits per heavy atom. The first kappa shape index (κ1) is 18.3. The van der Waals surface area contributed by atoms with E-state index < -0.39 is 0 Å². The summed E-state index contributed by atoms with van der Waals surface area (Å²) in [5, 5.41) is 2.89. The topological polar surface area (TPSA) is 71.5 Å². The maximum Gasteiger partial charge on any atom is 0.259 e. The molecule has 5 nitrogen and oxygen atoms in total. The standard InChI is InChI=1S/C20H20N4OS3/c1-9-4-5-12-13(6-9)28-20-16(12)17(25)23-14(24-20)7-26-18-15-10(2)11(3)27-19(15)22-8-21-18/h8-9H,4-7H2,1-3H3,(H,23,24,25). The van der Waals surface area contributed by atoms with Gasteiger partial charge in [-0.15, -0.1) is 22.7 Å². The summed E-state index contributed by atoms with van der Waals surface area (Å²) in [5.41, 5.74) is 2.47. The predicted octanol–water partition coefficient (Wildman–Crippen LogP) is 5.02. The number of aromatic amines is 1. The Bertz CT molecular complexity index is 1270. The number of thioether (sulfide) groups is 1. The lowest BCUT2D eigenvalue weighted by Gasteiger charge is -2.17. The van der Waals surface area contributed by atoms with Gasteiger partial charge in [0.1, 0.15) is 26.8 Å². The van der Waals surface area contributed by atoms with Crippen LogP contribution in [0.15, 0.2) is 16.1 Å². The van der Waals surface area contributed by atoms with Crippen molar-refractivity contribution >= 4 is 54.9 Å². The number of hydrogen-bond donors (Lipinski definition) is 1. The van der Waals surface area contributed by atoms with Crippen LogP contribution < -0.4 is 5.56 Å². The van der Waals surface area contributed by atoms with Gasteiger partial charge in [0.25, 0.3) is 5.56 Å². The minimum absolute atomic E-state index is 0.00282. The highest BCUT2D eigenvalue weighted by molar-refractivity contribution is 7.98. The largest absolute Gasteiger partial charge is 0.309 e. The van der Waals surface area contributed by atoms with Crippen LogP contribution in [-0.4, -0.2) is 19.9 Å². The number of H-pyrrole nitrogens is 1. The fourth-order valence-electron chi connectivity index (χ4n) is 3.86. The van der Waals surface area contributed by atoms with Crippen molar-refractivity contribution in [3.05, 3.63) is 43.4 Å². The van der Waals surface area contributed by atoms with Crippen LogP contribution in [0.2, 0.25) is 0 Å². The van der Waals surface area contributed by atoms with E-state index in [2.05, 4.69) is 35.7 Å². The fourth-order valence-corrected chi connectivity index (χ4v) is 7.25. The second-order valence-electron chi connectivity index (χ2n) is 7.48. The second kappa shape index (κ2) is 6.93. The third-order valence-electron chi connectivity index (χ3n) is 5.49. The molecule has 4 heterocycles. The van der Waals surface area contributed by atoms with Gasteiger partial charge in [-0.1, -0.05) is 18.7 Å². The Morgan fingerprint density at radius 1 is 1.21 bits per heavy atom. The van der Waals surface area contributed by atoms with E-state index in [-0.39, 0.29) is 5.56 Å². The molecule has 144 valence electrons. The van der Waals surface area contributed by atoms with Gasteiger partial charge < -0.3 is 4.98 Å². The van der Waals surface area contributed by atoms with Crippen LogP contribution in [0.5, 0.6) is 0 Å². The van der Waals surface area contributed by atoms with E-state index in [0.717, 1.165) is 44.7 Å². The minimum atomic E-state index is 0.00282. The molecule has 0 fully saturated rings. The first-order valence-electron chi connectivity index (χ1n) is 9.38. The van der Waals surface area contributed by atoms with E-state index in [0.29, 0.717) is 17.5 Å². The summed E-state index contributed by atoms with van der Waals surface area (Å²) in [7, 11) is 0. The molecule has 1 aliphatic carbocycles. The van der Waals surface area contributed by atoms with Gasteiger partial charge in [0, 0.05) is 15.1 Å². The van der Waals surface area contributed by atoms with Crippen molar-refractivity contribution in [2.75, 3.05) is 0 Å². The average Bonchev–Trinajstić information content (AvgIpc) is 3.17. The van der Waals surface area contributed by atoms with Crippen LogP contribution in [0.3, 0.4) is 0 Å². The molecule has 4 aromatic heterocycles. The monoisotopic (exact) mass is 428 g/mol. The van der Waals surface area contributed by atoms with Gasteiger partial charge in [0.05, 0.1) is 11.1 Å². The lowest BCUT2D eigenvalue weighted by Crippen LogP contribution is -2.14. The predicted molar refractivity (Wildman–Crippen MR) is 118 cm³/mol. The van der Waals surface area contributed by atoms with Crippen molar-refractivity contribution < 1.29 is 0 Å². The number of aromatic nitrogens is 4. The lowest BCUT2D eigenvalue weighted by atomic mass is 9.89. The summed E-state index contributed by atoms with van der Waals surface area (Å²) in [5.74, 6) is 1.99. The van der Waals surface area contributed by atoms with Gasteiger partial charge in [0.2, 0.25) is 0 Å². The van der Waals surface area contributed by atoms with Gasteiger partial charge in [-0.2, -0.15) is 0 Å². The molecule has 1 N–H and O–H groups in total. The summed E-state index contributed by atoms with van der Waals surface area (Å²) in [4.78, 5) is 34.0. The van der Waals surface area contributed by atoms with Crippen molar-refractivity contribution in [1.82, 2.24) is 19.9 Å². The number of thiophene rings is 2. The van der Waals surface area contributed by atoms with Crippen molar-refractivity contribution in [2.45, 2.75) is 50.8 Å². The van der Waals surface area contributed by atoms with E-state index >= 15 is 0 Å². The summed E-state index contributed by atoms with van der Waals surface area (Å²) in [6.45, 7) is 6.51. The van der Waals surface area contributed by atoms with Crippen LogP contribution in [-0.2, 0) is 18.6 Å². The average molecular weight is 429 g/mol. The normalized spacial score (nSPS) is 16.8. The fraction of sp³-hybridized carbons (Fsp3) is 0.400. The number of aryl methyl sites for hydroxylation is 3. The van der Waals surface area contributed by atoms with Crippen LogP contribution in [0, 0.1) is 19.8 Å². The third kappa shape index (κ3) is 2.98. The molecule has 0 radical (unpaired) electrons. The van der Waals surface area contributed by atoms with Crippen LogP contribution in [0.1, 0.15) is 40.1 Å². The van der Waals surface area contributed by atoms with Gasteiger partial charge in [-0.3, -0.25) is 4.79 Å². The van der Waals surface area contributed by atoms with Crippen molar-refractivity contribution in [1.29, 1.82) is 0 Å². The molecular weight excluding hydrogens is 408 g/mol. The van der Waals surface area contributed by atoms with E-state index in [1.807, 2.05) is 0 Å². The molecule has 0 spiro atoms. The molecule has 0 aliphatic heterocycles. The Labute approximate surface area is 174 Å². The Balaban J connectivity index is 1.49. The van der Waals surface area contributed by atoms with Crippen LogP contribution in [0.4, 0.5) is 0 Å². The molecule has 28 heavy (non-hydrogen) atoms. The molecule has 1 aliphatic rings. The van der Waals surface area contributed by atoms with E-state index in [1.165, 1.54) is 20.9 Å². The number of fused-ring (bicyclic) bond motifs is 4. The molecule has 0 amide bonds. The zero-order valence-corrected chi connectivity index (χ0v) is 18.4. The molecule has 5 rings (SSSR count). The van der Waals surface area contributed by atoms with Gasteiger partial charge in [-0.25, -0.2) is 15.0 Å². The van der Waals surface area contributed by atoms with Gasteiger partial charge >= 0.3 is 0 Å². The number of nitrogens with zero attached hydrogens (tertiary/aromatic N) is 3. The van der Waals surface area contributed by atoms with Crippen molar-refractivity contribution in [3.63, 3.8) is 0 Å². The highest BCUT2D eigenvalue weighted by Crippen LogP contribution is 2.37. The second-order valence-corrected chi connectivity index (χ2v) is 10.7. The Hall–Kier alpha value is -1.77. The zero-order chi connectivity index (χ0) is 19.4. The first-order valence-corrected chi connectivity index (χ1v) is 12.0. The quantitative estimate of drug-likeness (QED) is 0.366. The summed E-state index contributed by atoms with van der Waals surface area (Å²) in [6, 6.07) is 0. The maximum absolute atomic E-state index is 12.8. The Kier molecular flexibility index (Phi) is 4.52. The maximum atomic E-state index is 12.8.